The van der Waals surface area contributed by atoms with Crippen LogP contribution in [0.3, 0.4) is 0 Å². The van der Waals surface area contributed by atoms with E-state index in [4.69, 9.17) is 0 Å². The number of imidazole rings is 1. The molecule has 5 rings (SSSR count). The second kappa shape index (κ2) is 6.56. The highest BCUT2D eigenvalue weighted by molar-refractivity contribution is 6.07. The Morgan fingerprint density at radius 1 is 1.37 bits per heavy atom. The van der Waals surface area contributed by atoms with E-state index in [0.29, 0.717) is 19.4 Å². The van der Waals surface area contributed by atoms with Gasteiger partial charge >= 0.3 is 0 Å². The van der Waals surface area contributed by atoms with Gasteiger partial charge in [-0.3, -0.25) is 4.79 Å². The Balaban J connectivity index is 1.51. The molecule has 0 radical (unpaired) electrons. The third kappa shape index (κ3) is 2.91. The molecule has 154 valence electrons. The molecule has 8 nitrogen and oxygen atoms in total. The quantitative estimate of drug-likeness (QED) is 0.475. The maximum atomic E-state index is 12.3. The summed E-state index contributed by atoms with van der Waals surface area (Å²) in [5, 5.41) is 14.2. The summed E-state index contributed by atoms with van der Waals surface area (Å²) in [5.74, 6) is 0.527. The van der Waals surface area contributed by atoms with Crippen molar-refractivity contribution in [3.8, 4) is 11.3 Å². The second-order valence-electron chi connectivity index (χ2n) is 8.10. The fourth-order valence-corrected chi connectivity index (χ4v) is 4.00. The van der Waals surface area contributed by atoms with E-state index in [1.807, 2.05) is 36.9 Å². The van der Waals surface area contributed by atoms with Crippen molar-refractivity contribution in [2.75, 3.05) is 19.4 Å². The van der Waals surface area contributed by atoms with E-state index < -0.39 is 5.60 Å². The lowest BCUT2D eigenvalue weighted by Crippen LogP contribution is -2.37. The SMILES string of the molecule is CNc1nc2[nH]c(-c3cccc(CN(C)C(=O)C4(O)CC4)c3)cc2c2c1ncn2C. The van der Waals surface area contributed by atoms with E-state index in [9.17, 15) is 9.90 Å². The van der Waals surface area contributed by atoms with Crippen LogP contribution >= 0.6 is 0 Å². The number of aryl methyl sites for hydroxylation is 1. The number of aromatic amines is 1. The van der Waals surface area contributed by atoms with Gasteiger partial charge in [0.05, 0.1) is 11.8 Å². The van der Waals surface area contributed by atoms with Crippen molar-refractivity contribution < 1.29 is 9.90 Å². The lowest BCUT2D eigenvalue weighted by Gasteiger charge is -2.20. The van der Waals surface area contributed by atoms with Crippen molar-refractivity contribution in [3.63, 3.8) is 0 Å². The maximum Gasteiger partial charge on any atom is 0.254 e. The molecule has 1 aromatic carbocycles. The average Bonchev–Trinajstić information content (AvgIpc) is 3.17. The number of aromatic nitrogens is 4. The van der Waals surface area contributed by atoms with Gasteiger partial charge < -0.3 is 24.9 Å². The summed E-state index contributed by atoms with van der Waals surface area (Å²) >= 11 is 0. The molecule has 3 heterocycles. The third-order valence-electron chi connectivity index (χ3n) is 5.80. The lowest BCUT2D eigenvalue weighted by atomic mass is 10.1. The number of amides is 1. The first-order chi connectivity index (χ1) is 14.4. The van der Waals surface area contributed by atoms with Crippen molar-refractivity contribution in [1.29, 1.82) is 0 Å². The minimum Gasteiger partial charge on any atom is -0.380 e. The highest BCUT2D eigenvalue weighted by Crippen LogP contribution is 2.37. The van der Waals surface area contributed by atoms with E-state index in [-0.39, 0.29) is 5.91 Å². The van der Waals surface area contributed by atoms with Crippen LogP contribution in [-0.2, 0) is 18.4 Å². The van der Waals surface area contributed by atoms with Crippen molar-refractivity contribution >= 4 is 33.8 Å². The molecule has 1 fully saturated rings. The van der Waals surface area contributed by atoms with Crippen LogP contribution in [-0.4, -0.2) is 55.1 Å². The summed E-state index contributed by atoms with van der Waals surface area (Å²) in [6, 6.07) is 10.2. The van der Waals surface area contributed by atoms with Crippen LogP contribution in [0.2, 0.25) is 0 Å². The summed E-state index contributed by atoms with van der Waals surface area (Å²) in [6.07, 6.45) is 2.89. The van der Waals surface area contributed by atoms with Crippen LogP contribution in [0.15, 0.2) is 36.7 Å². The number of carbonyl (C=O) groups is 1. The molecule has 1 amide bonds. The van der Waals surface area contributed by atoms with Crippen molar-refractivity contribution in [2.45, 2.75) is 25.0 Å². The molecule has 0 spiro atoms. The number of rotatable bonds is 5. The molecule has 0 aliphatic heterocycles. The topological polar surface area (TPSA) is 99.1 Å². The smallest absolute Gasteiger partial charge is 0.254 e. The van der Waals surface area contributed by atoms with Crippen molar-refractivity contribution in [2.24, 2.45) is 7.05 Å². The number of anilines is 1. The molecule has 8 heteroatoms. The lowest BCUT2D eigenvalue weighted by molar-refractivity contribution is -0.141. The number of pyridine rings is 1. The van der Waals surface area contributed by atoms with E-state index in [1.165, 1.54) is 0 Å². The number of likely N-dealkylation sites (N-methyl/N-ethyl adjacent to an activating group) is 1. The Morgan fingerprint density at radius 2 is 2.17 bits per heavy atom. The Morgan fingerprint density at radius 3 is 2.90 bits per heavy atom. The minimum absolute atomic E-state index is 0.207. The zero-order valence-corrected chi connectivity index (χ0v) is 17.2. The largest absolute Gasteiger partial charge is 0.380 e. The molecule has 4 aromatic rings. The summed E-state index contributed by atoms with van der Waals surface area (Å²) in [4.78, 5) is 26.5. The Bertz CT molecular complexity index is 1280. The van der Waals surface area contributed by atoms with Gasteiger partial charge in [-0.25, -0.2) is 9.97 Å². The molecule has 30 heavy (non-hydrogen) atoms. The van der Waals surface area contributed by atoms with Gasteiger partial charge in [-0.1, -0.05) is 18.2 Å². The molecule has 3 aromatic heterocycles. The Labute approximate surface area is 173 Å². The molecular weight excluding hydrogens is 380 g/mol. The van der Waals surface area contributed by atoms with E-state index in [1.54, 1.807) is 18.3 Å². The van der Waals surface area contributed by atoms with Gasteiger partial charge in [-0.2, -0.15) is 0 Å². The van der Waals surface area contributed by atoms with Crippen LogP contribution in [0.4, 0.5) is 5.82 Å². The molecule has 0 bridgehead atoms. The first kappa shape index (κ1) is 18.6. The predicted octanol–water partition coefficient (Wildman–Crippen LogP) is 2.64. The van der Waals surface area contributed by atoms with Crippen LogP contribution in [0.25, 0.3) is 33.3 Å². The molecular formula is C22H24N6O2. The summed E-state index contributed by atoms with van der Waals surface area (Å²) in [5.41, 5.74) is 4.47. The predicted molar refractivity (Wildman–Crippen MR) is 116 cm³/mol. The van der Waals surface area contributed by atoms with Gasteiger partial charge in [-0.15, -0.1) is 0 Å². The van der Waals surface area contributed by atoms with Crippen LogP contribution in [0.5, 0.6) is 0 Å². The van der Waals surface area contributed by atoms with Crippen molar-refractivity contribution in [1.82, 2.24) is 24.4 Å². The fraction of sp³-hybridized carbons (Fsp3) is 0.318. The second-order valence-corrected chi connectivity index (χ2v) is 8.10. The minimum atomic E-state index is -1.14. The summed E-state index contributed by atoms with van der Waals surface area (Å²) < 4.78 is 2.00. The molecule has 1 saturated carbocycles. The number of nitrogens with one attached hydrogen (secondary N) is 2. The molecule has 0 saturated heterocycles. The molecule has 0 unspecified atom stereocenters. The first-order valence-electron chi connectivity index (χ1n) is 9.98. The monoisotopic (exact) mass is 404 g/mol. The number of hydrogen-bond acceptors (Lipinski definition) is 5. The fourth-order valence-electron chi connectivity index (χ4n) is 4.00. The maximum absolute atomic E-state index is 12.3. The number of carbonyl (C=O) groups excluding carboxylic acids is 1. The highest BCUT2D eigenvalue weighted by atomic mass is 16.3. The normalized spacial score (nSPS) is 14.9. The van der Waals surface area contributed by atoms with Gasteiger partial charge in [0.1, 0.15) is 16.8 Å². The van der Waals surface area contributed by atoms with E-state index in [0.717, 1.165) is 44.7 Å². The standard InChI is InChI=1S/C22H24N6O2/c1-23-20-17-18(28(3)12-24-17)15-10-16(25-19(15)26-20)14-6-4-5-13(9-14)11-27(2)21(29)22(30)7-8-22/h4-6,9-10,12,30H,7-8,11H2,1-3H3,(H2,23,25,26). The number of benzene rings is 1. The Kier molecular flexibility index (Phi) is 4.08. The van der Waals surface area contributed by atoms with Gasteiger partial charge in [0, 0.05) is 38.8 Å². The van der Waals surface area contributed by atoms with Gasteiger partial charge in [0.2, 0.25) is 0 Å². The third-order valence-corrected chi connectivity index (χ3v) is 5.80. The van der Waals surface area contributed by atoms with E-state index in [2.05, 4.69) is 32.4 Å². The van der Waals surface area contributed by atoms with Gasteiger partial charge in [-0.05, 0) is 36.1 Å². The summed E-state index contributed by atoms with van der Waals surface area (Å²) in [7, 11) is 5.55. The van der Waals surface area contributed by atoms with Crippen molar-refractivity contribution in [3.05, 3.63) is 42.2 Å². The number of fused-ring (bicyclic) bond motifs is 3. The summed E-state index contributed by atoms with van der Waals surface area (Å²) in [6.45, 7) is 0.448. The highest BCUT2D eigenvalue weighted by Gasteiger charge is 2.49. The molecule has 1 aliphatic rings. The molecule has 3 N–H and O–H groups in total. The number of aliphatic hydroxyl groups is 1. The zero-order valence-electron chi connectivity index (χ0n) is 17.2. The number of hydrogen-bond donors (Lipinski definition) is 3. The molecule has 1 aliphatic carbocycles. The zero-order chi connectivity index (χ0) is 21.0. The van der Waals surface area contributed by atoms with E-state index >= 15 is 0 Å². The van der Waals surface area contributed by atoms with Crippen LogP contribution < -0.4 is 5.32 Å². The van der Waals surface area contributed by atoms with Gasteiger partial charge in [0.15, 0.2) is 5.82 Å². The van der Waals surface area contributed by atoms with Crippen LogP contribution in [0, 0.1) is 0 Å². The first-order valence-corrected chi connectivity index (χ1v) is 9.98. The van der Waals surface area contributed by atoms with Gasteiger partial charge in [0.25, 0.3) is 5.91 Å². The number of nitrogens with zero attached hydrogens (tertiary/aromatic N) is 4. The van der Waals surface area contributed by atoms with Crippen LogP contribution in [0.1, 0.15) is 18.4 Å². The average molecular weight is 404 g/mol. The Hall–Kier alpha value is -3.39. The number of H-pyrrole nitrogens is 1. The molecule has 0 atom stereocenters.